The lowest BCUT2D eigenvalue weighted by molar-refractivity contribution is 0.889. The van der Waals surface area contributed by atoms with Gasteiger partial charge in [-0.25, -0.2) is 4.98 Å². The summed E-state index contributed by atoms with van der Waals surface area (Å²) >= 11 is 0. The zero-order chi connectivity index (χ0) is 13.0. The SMILES string of the molecule is Cc1cccnc1N(C)Cc1ccc(CN)cc1. The molecule has 0 spiro atoms. The summed E-state index contributed by atoms with van der Waals surface area (Å²) in [7, 11) is 2.06. The van der Waals surface area contributed by atoms with E-state index in [1.54, 1.807) is 0 Å². The second-order valence-corrected chi connectivity index (χ2v) is 4.52. The molecule has 2 N–H and O–H groups in total. The summed E-state index contributed by atoms with van der Waals surface area (Å²) in [6, 6.07) is 12.4. The van der Waals surface area contributed by atoms with Crippen LogP contribution in [0.25, 0.3) is 0 Å². The monoisotopic (exact) mass is 241 g/mol. The summed E-state index contributed by atoms with van der Waals surface area (Å²) in [6.07, 6.45) is 1.83. The summed E-state index contributed by atoms with van der Waals surface area (Å²) in [5, 5.41) is 0. The molecule has 94 valence electrons. The van der Waals surface area contributed by atoms with Crippen LogP contribution in [0.4, 0.5) is 5.82 Å². The molecule has 0 atom stereocenters. The average Bonchev–Trinajstić information content (AvgIpc) is 2.40. The van der Waals surface area contributed by atoms with E-state index in [4.69, 9.17) is 5.73 Å². The van der Waals surface area contributed by atoms with Gasteiger partial charge < -0.3 is 10.6 Å². The molecule has 0 aliphatic carbocycles. The Balaban J connectivity index is 2.11. The van der Waals surface area contributed by atoms with Crippen molar-refractivity contribution in [2.75, 3.05) is 11.9 Å². The van der Waals surface area contributed by atoms with Gasteiger partial charge in [-0.15, -0.1) is 0 Å². The quantitative estimate of drug-likeness (QED) is 0.894. The number of benzene rings is 1. The fraction of sp³-hybridized carbons (Fsp3) is 0.267. The highest BCUT2D eigenvalue weighted by Gasteiger charge is 2.05. The molecule has 0 bridgehead atoms. The molecule has 3 nitrogen and oxygen atoms in total. The van der Waals surface area contributed by atoms with Gasteiger partial charge in [-0.1, -0.05) is 30.3 Å². The Bertz CT molecular complexity index is 505. The van der Waals surface area contributed by atoms with Crippen molar-refractivity contribution in [3.63, 3.8) is 0 Å². The van der Waals surface area contributed by atoms with Crippen LogP contribution in [0, 0.1) is 6.92 Å². The minimum atomic E-state index is 0.593. The Hall–Kier alpha value is -1.87. The van der Waals surface area contributed by atoms with Crippen molar-refractivity contribution in [1.82, 2.24) is 4.98 Å². The van der Waals surface area contributed by atoms with Gasteiger partial charge in [0.2, 0.25) is 0 Å². The van der Waals surface area contributed by atoms with Crippen molar-refractivity contribution in [3.05, 3.63) is 59.3 Å². The molecule has 0 amide bonds. The van der Waals surface area contributed by atoms with Gasteiger partial charge in [-0.3, -0.25) is 0 Å². The van der Waals surface area contributed by atoms with Gasteiger partial charge in [0, 0.05) is 26.3 Å². The number of hydrogen-bond donors (Lipinski definition) is 1. The fourth-order valence-corrected chi connectivity index (χ4v) is 2.01. The Morgan fingerprint density at radius 1 is 1.11 bits per heavy atom. The molecule has 0 radical (unpaired) electrons. The van der Waals surface area contributed by atoms with Crippen molar-refractivity contribution in [3.8, 4) is 0 Å². The smallest absolute Gasteiger partial charge is 0.131 e. The van der Waals surface area contributed by atoms with E-state index in [9.17, 15) is 0 Å². The van der Waals surface area contributed by atoms with Crippen LogP contribution in [0.5, 0.6) is 0 Å². The lowest BCUT2D eigenvalue weighted by Gasteiger charge is -2.20. The summed E-state index contributed by atoms with van der Waals surface area (Å²) in [5.74, 6) is 1.03. The number of aryl methyl sites for hydroxylation is 1. The maximum absolute atomic E-state index is 5.59. The number of rotatable bonds is 4. The molecule has 0 saturated carbocycles. The van der Waals surface area contributed by atoms with Crippen molar-refractivity contribution in [2.45, 2.75) is 20.0 Å². The Morgan fingerprint density at radius 2 is 1.78 bits per heavy atom. The first-order valence-corrected chi connectivity index (χ1v) is 6.11. The van der Waals surface area contributed by atoms with Crippen LogP contribution in [-0.2, 0) is 13.1 Å². The van der Waals surface area contributed by atoms with Crippen molar-refractivity contribution in [1.29, 1.82) is 0 Å². The third-order valence-electron chi connectivity index (χ3n) is 3.02. The minimum Gasteiger partial charge on any atom is -0.355 e. The van der Waals surface area contributed by atoms with Crippen molar-refractivity contribution >= 4 is 5.82 Å². The van der Waals surface area contributed by atoms with Crippen LogP contribution in [0.15, 0.2) is 42.6 Å². The first kappa shape index (κ1) is 12.6. The van der Waals surface area contributed by atoms with E-state index in [1.807, 2.05) is 12.3 Å². The third-order valence-corrected chi connectivity index (χ3v) is 3.02. The van der Waals surface area contributed by atoms with Gasteiger partial charge in [0.05, 0.1) is 0 Å². The highest BCUT2D eigenvalue weighted by molar-refractivity contribution is 5.45. The molecule has 0 unspecified atom stereocenters. The molecule has 0 aliphatic heterocycles. The highest BCUT2D eigenvalue weighted by atomic mass is 15.2. The van der Waals surface area contributed by atoms with E-state index in [0.717, 1.165) is 17.9 Å². The van der Waals surface area contributed by atoms with Crippen molar-refractivity contribution < 1.29 is 0 Å². The van der Waals surface area contributed by atoms with Gasteiger partial charge in [0.15, 0.2) is 0 Å². The van der Waals surface area contributed by atoms with E-state index in [-0.39, 0.29) is 0 Å². The van der Waals surface area contributed by atoms with Crippen LogP contribution < -0.4 is 10.6 Å². The predicted molar refractivity (Wildman–Crippen MR) is 75.4 cm³/mol. The second-order valence-electron chi connectivity index (χ2n) is 4.52. The number of pyridine rings is 1. The van der Waals surface area contributed by atoms with Crippen LogP contribution in [0.1, 0.15) is 16.7 Å². The van der Waals surface area contributed by atoms with Crippen LogP contribution >= 0.6 is 0 Å². The fourth-order valence-electron chi connectivity index (χ4n) is 2.01. The minimum absolute atomic E-state index is 0.593. The Kier molecular flexibility index (Phi) is 3.95. The van der Waals surface area contributed by atoms with Crippen LogP contribution in [0.3, 0.4) is 0 Å². The molecular weight excluding hydrogens is 222 g/mol. The lowest BCUT2D eigenvalue weighted by atomic mass is 10.1. The van der Waals surface area contributed by atoms with Gasteiger partial charge in [0.1, 0.15) is 5.82 Å². The maximum Gasteiger partial charge on any atom is 0.131 e. The van der Waals surface area contributed by atoms with Gasteiger partial charge in [-0.2, -0.15) is 0 Å². The molecule has 18 heavy (non-hydrogen) atoms. The summed E-state index contributed by atoms with van der Waals surface area (Å²) in [4.78, 5) is 6.57. The normalized spacial score (nSPS) is 10.4. The van der Waals surface area contributed by atoms with Gasteiger partial charge >= 0.3 is 0 Å². The molecule has 2 aromatic rings. The molecule has 1 aromatic heterocycles. The van der Waals surface area contributed by atoms with Gasteiger partial charge in [-0.05, 0) is 29.7 Å². The van der Waals surface area contributed by atoms with E-state index < -0.39 is 0 Å². The van der Waals surface area contributed by atoms with E-state index in [2.05, 4.69) is 54.2 Å². The zero-order valence-corrected chi connectivity index (χ0v) is 10.9. The first-order valence-electron chi connectivity index (χ1n) is 6.11. The molecule has 2 rings (SSSR count). The average molecular weight is 241 g/mol. The second kappa shape index (κ2) is 5.65. The molecule has 0 fully saturated rings. The molecule has 1 aromatic carbocycles. The van der Waals surface area contributed by atoms with Gasteiger partial charge in [0.25, 0.3) is 0 Å². The molecular formula is C15H19N3. The number of nitrogens with zero attached hydrogens (tertiary/aromatic N) is 2. The van der Waals surface area contributed by atoms with Crippen LogP contribution in [-0.4, -0.2) is 12.0 Å². The molecule has 0 saturated heterocycles. The maximum atomic E-state index is 5.59. The number of hydrogen-bond acceptors (Lipinski definition) is 3. The standard InChI is InChI=1S/C15H19N3/c1-12-4-3-9-17-15(12)18(2)11-14-7-5-13(10-16)6-8-14/h3-9H,10-11,16H2,1-2H3. The number of nitrogens with two attached hydrogens (primary N) is 1. The topological polar surface area (TPSA) is 42.2 Å². The largest absolute Gasteiger partial charge is 0.355 e. The molecule has 0 aliphatic rings. The number of anilines is 1. The van der Waals surface area contributed by atoms with E-state index >= 15 is 0 Å². The summed E-state index contributed by atoms with van der Waals surface area (Å²) in [5.41, 5.74) is 9.21. The van der Waals surface area contributed by atoms with E-state index in [0.29, 0.717) is 6.54 Å². The summed E-state index contributed by atoms with van der Waals surface area (Å²) in [6.45, 7) is 3.52. The zero-order valence-electron chi connectivity index (χ0n) is 10.9. The third kappa shape index (κ3) is 2.87. The number of aromatic nitrogens is 1. The van der Waals surface area contributed by atoms with Crippen LogP contribution in [0.2, 0.25) is 0 Å². The Morgan fingerprint density at radius 3 is 2.39 bits per heavy atom. The molecule has 3 heteroatoms. The van der Waals surface area contributed by atoms with Crippen molar-refractivity contribution in [2.24, 2.45) is 5.73 Å². The Labute approximate surface area is 108 Å². The lowest BCUT2D eigenvalue weighted by Crippen LogP contribution is -2.18. The van der Waals surface area contributed by atoms with E-state index in [1.165, 1.54) is 11.1 Å². The summed E-state index contributed by atoms with van der Waals surface area (Å²) < 4.78 is 0. The predicted octanol–water partition coefficient (Wildman–Crippen LogP) is 2.49. The highest BCUT2D eigenvalue weighted by Crippen LogP contribution is 2.17. The molecule has 1 heterocycles. The first-order chi connectivity index (χ1) is 8.70.